The lowest BCUT2D eigenvalue weighted by atomic mass is 10.1. The molecule has 0 heterocycles. The quantitative estimate of drug-likeness (QED) is 0.601. The number of nitrogens with two attached hydrogens (primary N) is 1. The van der Waals surface area contributed by atoms with Crippen LogP contribution in [0.15, 0.2) is 18.2 Å². The molecule has 1 rings (SSSR count). The van der Waals surface area contributed by atoms with Crippen molar-refractivity contribution < 1.29 is 19.3 Å². The second kappa shape index (κ2) is 6.58. The van der Waals surface area contributed by atoms with Crippen LogP contribution in [0.5, 0.6) is 5.75 Å². The fraction of sp³-hybridized carbons (Fsp3) is 0.538. The van der Waals surface area contributed by atoms with Crippen molar-refractivity contribution in [2.75, 3.05) is 12.8 Å². The molecular weight excluding hydrogens is 234 g/mol. The number of aliphatic hydroxyl groups is 1. The Hall–Kier alpha value is -1.30. The van der Waals surface area contributed by atoms with E-state index in [9.17, 15) is 0 Å². The average molecular weight is 255 g/mol. The molecule has 5 heteroatoms. The number of nitrogen functional groups attached to an aromatic ring is 1. The maximum Gasteiger partial charge on any atom is 0.158 e. The largest absolute Gasteiger partial charge is 0.495 e. The van der Waals surface area contributed by atoms with Gasteiger partial charge in [0.15, 0.2) is 12.6 Å². The highest BCUT2D eigenvalue weighted by Crippen LogP contribution is 2.27. The number of ether oxygens (including phenoxy) is 3. The Morgan fingerprint density at radius 1 is 1.17 bits per heavy atom. The molecule has 0 saturated carbocycles. The van der Waals surface area contributed by atoms with Gasteiger partial charge in [0.2, 0.25) is 0 Å². The predicted octanol–water partition coefficient (Wildman–Crippen LogP) is 2.06. The molecule has 1 aromatic carbocycles. The van der Waals surface area contributed by atoms with Crippen LogP contribution in [0.2, 0.25) is 0 Å². The maximum absolute atomic E-state index is 9.09. The van der Waals surface area contributed by atoms with Gasteiger partial charge in [0.1, 0.15) is 5.75 Å². The third-order valence-corrected chi connectivity index (χ3v) is 2.51. The normalized spacial score (nSPS) is 16.1. The first kappa shape index (κ1) is 14.8. The molecule has 0 saturated heterocycles. The van der Waals surface area contributed by atoms with Gasteiger partial charge in [0.25, 0.3) is 0 Å². The minimum absolute atomic E-state index is 0.187. The van der Waals surface area contributed by atoms with Crippen molar-refractivity contribution in [3.63, 3.8) is 0 Å². The molecule has 0 aliphatic rings. The highest BCUT2D eigenvalue weighted by Gasteiger charge is 2.14. The Bertz CT molecular complexity index is 381. The lowest BCUT2D eigenvalue weighted by Crippen LogP contribution is -2.20. The van der Waals surface area contributed by atoms with Crippen molar-refractivity contribution in [1.82, 2.24) is 0 Å². The summed E-state index contributed by atoms with van der Waals surface area (Å²) in [5.41, 5.74) is 7.26. The molecule has 0 bridgehead atoms. The second-order valence-electron chi connectivity index (χ2n) is 4.08. The summed E-state index contributed by atoms with van der Waals surface area (Å²) in [7, 11) is 1.57. The number of aliphatic hydroxyl groups excluding tert-OH is 1. The van der Waals surface area contributed by atoms with E-state index in [1.165, 1.54) is 6.92 Å². The smallest absolute Gasteiger partial charge is 0.158 e. The molecular formula is C13H21NO4. The fourth-order valence-electron chi connectivity index (χ4n) is 1.66. The summed E-state index contributed by atoms with van der Waals surface area (Å²) in [6.07, 6.45) is -1.54. The molecule has 0 radical (unpaired) electrons. The van der Waals surface area contributed by atoms with Crippen molar-refractivity contribution in [2.45, 2.75) is 39.5 Å². The SMILES string of the molecule is COc1cc(C(C)OC(C)OC(C)O)ccc1N. The van der Waals surface area contributed by atoms with E-state index in [2.05, 4.69) is 0 Å². The highest BCUT2D eigenvalue weighted by atomic mass is 16.7. The first-order valence-electron chi connectivity index (χ1n) is 5.86. The molecule has 3 N–H and O–H groups in total. The summed E-state index contributed by atoms with van der Waals surface area (Å²) < 4.78 is 15.9. The molecule has 0 spiro atoms. The van der Waals surface area contributed by atoms with Crippen molar-refractivity contribution in [2.24, 2.45) is 0 Å². The van der Waals surface area contributed by atoms with Gasteiger partial charge in [0, 0.05) is 0 Å². The van der Waals surface area contributed by atoms with E-state index in [1.807, 2.05) is 19.1 Å². The van der Waals surface area contributed by atoms with Gasteiger partial charge >= 0.3 is 0 Å². The van der Waals surface area contributed by atoms with Gasteiger partial charge in [-0.1, -0.05) is 6.07 Å². The van der Waals surface area contributed by atoms with Gasteiger partial charge in [-0.2, -0.15) is 0 Å². The number of rotatable bonds is 6. The van der Waals surface area contributed by atoms with E-state index in [1.54, 1.807) is 20.1 Å². The molecule has 3 unspecified atom stereocenters. The van der Waals surface area contributed by atoms with Crippen molar-refractivity contribution in [3.8, 4) is 5.75 Å². The zero-order valence-electron chi connectivity index (χ0n) is 11.2. The molecule has 0 aliphatic heterocycles. The number of methoxy groups -OCH3 is 1. The van der Waals surface area contributed by atoms with Crippen LogP contribution in [0.4, 0.5) is 5.69 Å². The zero-order valence-corrected chi connectivity index (χ0v) is 11.2. The summed E-state index contributed by atoms with van der Waals surface area (Å²) in [6, 6.07) is 5.47. The average Bonchev–Trinajstić information content (AvgIpc) is 2.28. The standard InChI is InChI=1S/C13H21NO4/c1-8(17-10(3)18-9(2)15)11-5-6-12(14)13(7-11)16-4/h5-10,15H,14H2,1-4H3. The molecule has 3 atom stereocenters. The Labute approximate surface area is 107 Å². The van der Waals surface area contributed by atoms with Crippen LogP contribution < -0.4 is 10.5 Å². The molecule has 0 fully saturated rings. The van der Waals surface area contributed by atoms with Crippen LogP contribution in [0.25, 0.3) is 0 Å². The Morgan fingerprint density at radius 3 is 2.39 bits per heavy atom. The second-order valence-corrected chi connectivity index (χ2v) is 4.08. The van der Waals surface area contributed by atoms with Gasteiger partial charge in [-0.25, -0.2) is 0 Å². The monoisotopic (exact) mass is 255 g/mol. The number of hydrogen-bond donors (Lipinski definition) is 2. The predicted molar refractivity (Wildman–Crippen MR) is 69.1 cm³/mol. The van der Waals surface area contributed by atoms with E-state index >= 15 is 0 Å². The van der Waals surface area contributed by atoms with E-state index < -0.39 is 12.6 Å². The van der Waals surface area contributed by atoms with Gasteiger partial charge < -0.3 is 25.1 Å². The number of hydrogen-bond acceptors (Lipinski definition) is 5. The minimum atomic E-state index is -0.854. The van der Waals surface area contributed by atoms with E-state index in [0.29, 0.717) is 11.4 Å². The molecule has 0 aliphatic carbocycles. The highest BCUT2D eigenvalue weighted by molar-refractivity contribution is 5.54. The van der Waals surface area contributed by atoms with Crippen molar-refractivity contribution in [3.05, 3.63) is 23.8 Å². The zero-order chi connectivity index (χ0) is 13.7. The molecule has 0 amide bonds. The Kier molecular flexibility index (Phi) is 5.40. The van der Waals surface area contributed by atoms with Crippen molar-refractivity contribution >= 4 is 5.69 Å². The van der Waals surface area contributed by atoms with Crippen LogP contribution >= 0.6 is 0 Å². The molecule has 5 nitrogen and oxygen atoms in total. The van der Waals surface area contributed by atoms with Crippen LogP contribution in [-0.4, -0.2) is 24.8 Å². The molecule has 18 heavy (non-hydrogen) atoms. The topological polar surface area (TPSA) is 73.9 Å². The van der Waals surface area contributed by atoms with E-state index in [-0.39, 0.29) is 6.10 Å². The van der Waals surface area contributed by atoms with Gasteiger partial charge in [0.05, 0.1) is 18.9 Å². The van der Waals surface area contributed by atoms with Gasteiger partial charge in [-0.3, -0.25) is 0 Å². The first-order valence-corrected chi connectivity index (χ1v) is 5.86. The van der Waals surface area contributed by atoms with Crippen LogP contribution in [0.3, 0.4) is 0 Å². The molecule has 1 aromatic rings. The summed E-state index contributed by atoms with van der Waals surface area (Å²) in [4.78, 5) is 0. The fourth-order valence-corrected chi connectivity index (χ4v) is 1.66. The van der Waals surface area contributed by atoms with Crippen LogP contribution in [-0.2, 0) is 9.47 Å². The lowest BCUT2D eigenvalue weighted by Gasteiger charge is -2.21. The third kappa shape index (κ3) is 4.18. The first-order chi connectivity index (χ1) is 8.43. The summed E-state index contributed by atoms with van der Waals surface area (Å²) in [5.74, 6) is 0.618. The summed E-state index contributed by atoms with van der Waals surface area (Å²) in [6.45, 7) is 5.17. The van der Waals surface area contributed by atoms with Gasteiger partial charge in [-0.15, -0.1) is 0 Å². The molecule has 0 aromatic heterocycles. The maximum atomic E-state index is 9.09. The van der Waals surface area contributed by atoms with Gasteiger partial charge in [-0.05, 0) is 38.5 Å². The van der Waals surface area contributed by atoms with E-state index in [4.69, 9.17) is 25.1 Å². The Morgan fingerprint density at radius 2 is 1.83 bits per heavy atom. The summed E-state index contributed by atoms with van der Waals surface area (Å²) in [5, 5.41) is 9.09. The molecule has 102 valence electrons. The number of benzene rings is 1. The number of anilines is 1. The minimum Gasteiger partial charge on any atom is -0.495 e. The van der Waals surface area contributed by atoms with Crippen molar-refractivity contribution in [1.29, 1.82) is 0 Å². The Balaban J connectivity index is 2.69. The summed E-state index contributed by atoms with van der Waals surface area (Å²) >= 11 is 0. The lowest BCUT2D eigenvalue weighted by molar-refractivity contribution is -0.228. The van der Waals surface area contributed by atoms with Crippen LogP contribution in [0.1, 0.15) is 32.4 Å². The van der Waals surface area contributed by atoms with Crippen LogP contribution in [0, 0.1) is 0 Å². The van der Waals surface area contributed by atoms with E-state index in [0.717, 1.165) is 5.56 Å². The third-order valence-electron chi connectivity index (χ3n) is 2.51.